The molecule has 0 radical (unpaired) electrons. The van der Waals surface area contributed by atoms with Crippen LogP contribution < -0.4 is 20.9 Å². The van der Waals surface area contributed by atoms with E-state index in [1.54, 1.807) is 0 Å². The Morgan fingerprint density at radius 2 is 2.29 bits per heavy atom. The number of nitrogen functional groups attached to an aromatic ring is 1. The van der Waals surface area contributed by atoms with Crippen molar-refractivity contribution >= 4 is 11.9 Å². The Morgan fingerprint density at radius 3 is 3.10 bits per heavy atom. The van der Waals surface area contributed by atoms with Crippen LogP contribution in [0.2, 0.25) is 0 Å². The number of hydrogen-bond donors (Lipinski definition) is 2. The standard InChI is InChI=1S/C13H22N6O2/c1-2-7-21-13-16-11(18-14)15-12(17-13)19-6-8-20-10-5-3-4-9(10)19/h9-10H,2-8,14H2,1H3,(H,15,16,17,18). The van der Waals surface area contributed by atoms with Crippen molar-refractivity contribution < 1.29 is 9.47 Å². The molecule has 3 N–H and O–H groups in total. The molecule has 0 spiro atoms. The van der Waals surface area contributed by atoms with E-state index in [0.29, 0.717) is 37.2 Å². The smallest absolute Gasteiger partial charge is 0.323 e. The summed E-state index contributed by atoms with van der Waals surface area (Å²) in [5.41, 5.74) is 2.48. The number of ether oxygens (including phenoxy) is 2. The summed E-state index contributed by atoms with van der Waals surface area (Å²) in [6.45, 7) is 4.09. The van der Waals surface area contributed by atoms with Gasteiger partial charge in [-0.05, 0) is 25.7 Å². The van der Waals surface area contributed by atoms with Gasteiger partial charge in [0.1, 0.15) is 0 Å². The highest BCUT2D eigenvalue weighted by atomic mass is 16.5. The first kappa shape index (κ1) is 14.3. The molecule has 1 aliphatic heterocycles. The quantitative estimate of drug-likeness (QED) is 0.605. The van der Waals surface area contributed by atoms with Crippen LogP contribution in [0.25, 0.3) is 0 Å². The van der Waals surface area contributed by atoms with Crippen LogP contribution in [0.4, 0.5) is 11.9 Å². The van der Waals surface area contributed by atoms with Gasteiger partial charge in [0, 0.05) is 6.54 Å². The van der Waals surface area contributed by atoms with E-state index in [2.05, 4.69) is 25.3 Å². The Kier molecular flexibility index (Phi) is 4.35. The molecule has 1 aromatic rings. The molecule has 21 heavy (non-hydrogen) atoms. The van der Waals surface area contributed by atoms with Gasteiger partial charge < -0.3 is 14.4 Å². The molecule has 0 aromatic carbocycles. The van der Waals surface area contributed by atoms with Gasteiger partial charge in [-0.1, -0.05) is 6.92 Å². The fraction of sp³-hybridized carbons (Fsp3) is 0.769. The van der Waals surface area contributed by atoms with Crippen molar-refractivity contribution in [3.8, 4) is 6.01 Å². The number of nitrogens with zero attached hydrogens (tertiary/aromatic N) is 4. The second kappa shape index (κ2) is 6.40. The van der Waals surface area contributed by atoms with E-state index in [0.717, 1.165) is 25.8 Å². The molecule has 1 aromatic heterocycles. The molecule has 116 valence electrons. The highest BCUT2D eigenvalue weighted by Crippen LogP contribution is 2.32. The van der Waals surface area contributed by atoms with E-state index < -0.39 is 0 Å². The van der Waals surface area contributed by atoms with Gasteiger partial charge in [-0.15, -0.1) is 0 Å². The minimum atomic E-state index is 0.282. The number of rotatable bonds is 5. The normalized spacial score (nSPS) is 24.8. The van der Waals surface area contributed by atoms with E-state index in [-0.39, 0.29) is 6.10 Å². The predicted molar refractivity (Wildman–Crippen MR) is 78.1 cm³/mol. The third kappa shape index (κ3) is 3.01. The van der Waals surface area contributed by atoms with Crippen molar-refractivity contribution in [2.75, 3.05) is 30.1 Å². The molecule has 2 fully saturated rings. The molecule has 8 nitrogen and oxygen atoms in total. The molecule has 2 aliphatic rings. The summed E-state index contributed by atoms with van der Waals surface area (Å²) in [7, 11) is 0. The van der Waals surface area contributed by atoms with E-state index in [9.17, 15) is 0 Å². The van der Waals surface area contributed by atoms with E-state index in [4.69, 9.17) is 15.3 Å². The first-order valence-electron chi connectivity index (χ1n) is 7.55. The average Bonchev–Trinajstić information content (AvgIpc) is 3.01. The molecule has 1 aliphatic carbocycles. The third-order valence-corrected chi connectivity index (χ3v) is 3.91. The van der Waals surface area contributed by atoms with Gasteiger partial charge in [0.05, 0.1) is 25.4 Å². The highest BCUT2D eigenvalue weighted by molar-refractivity contribution is 5.40. The third-order valence-electron chi connectivity index (χ3n) is 3.91. The van der Waals surface area contributed by atoms with E-state index in [1.807, 2.05) is 6.92 Å². The van der Waals surface area contributed by atoms with Crippen LogP contribution in [0.15, 0.2) is 0 Å². The molecule has 1 saturated carbocycles. The SMILES string of the molecule is CCCOc1nc(NN)nc(N2CCOC3CCCC32)n1. The Bertz CT molecular complexity index is 486. The molecule has 2 heterocycles. The van der Waals surface area contributed by atoms with Gasteiger partial charge >= 0.3 is 6.01 Å². The number of anilines is 2. The lowest BCUT2D eigenvalue weighted by molar-refractivity contribution is 0.0249. The van der Waals surface area contributed by atoms with Crippen molar-refractivity contribution in [1.29, 1.82) is 0 Å². The molecule has 0 amide bonds. The predicted octanol–water partition coefficient (Wildman–Crippen LogP) is 0.704. The largest absolute Gasteiger partial charge is 0.463 e. The Morgan fingerprint density at radius 1 is 1.38 bits per heavy atom. The molecule has 3 rings (SSSR count). The van der Waals surface area contributed by atoms with Crippen molar-refractivity contribution in [3.63, 3.8) is 0 Å². The van der Waals surface area contributed by atoms with Gasteiger partial charge in [0.15, 0.2) is 0 Å². The van der Waals surface area contributed by atoms with Crippen LogP contribution in [0.3, 0.4) is 0 Å². The number of nitrogens with two attached hydrogens (primary N) is 1. The van der Waals surface area contributed by atoms with Gasteiger partial charge in [-0.3, -0.25) is 5.43 Å². The first-order chi connectivity index (χ1) is 10.3. The maximum atomic E-state index is 5.82. The van der Waals surface area contributed by atoms with Crippen molar-refractivity contribution in [2.24, 2.45) is 5.84 Å². The van der Waals surface area contributed by atoms with Gasteiger partial charge in [0.2, 0.25) is 11.9 Å². The lowest BCUT2D eigenvalue weighted by Gasteiger charge is -2.37. The second-order valence-corrected chi connectivity index (χ2v) is 5.34. The van der Waals surface area contributed by atoms with Crippen LogP contribution in [0.1, 0.15) is 32.6 Å². The van der Waals surface area contributed by atoms with Gasteiger partial charge in [0.25, 0.3) is 0 Å². The molecule has 8 heteroatoms. The average molecular weight is 294 g/mol. The topological polar surface area (TPSA) is 98.4 Å². The summed E-state index contributed by atoms with van der Waals surface area (Å²) in [6, 6.07) is 0.654. The lowest BCUT2D eigenvalue weighted by atomic mass is 10.1. The lowest BCUT2D eigenvalue weighted by Crippen LogP contribution is -2.49. The van der Waals surface area contributed by atoms with E-state index >= 15 is 0 Å². The minimum Gasteiger partial charge on any atom is -0.463 e. The Labute approximate surface area is 124 Å². The zero-order valence-corrected chi connectivity index (χ0v) is 12.3. The number of hydrogen-bond acceptors (Lipinski definition) is 8. The van der Waals surface area contributed by atoms with Crippen LogP contribution >= 0.6 is 0 Å². The van der Waals surface area contributed by atoms with Crippen LogP contribution in [0.5, 0.6) is 6.01 Å². The van der Waals surface area contributed by atoms with Crippen LogP contribution in [-0.4, -0.2) is 46.9 Å². The Hall–Kier alpha value is -1.67. The summed E-state index contributed by atoms with van der Waals surface area (Å²) >= 11 is 0. The number of morpholine rings is 1. The molecule has 0 bridgehead atoms. The summed E-state index contributed by atoms with van der Waals surface area (Å²) < 4.78 is 11.3. The molecular weight excluding hydrogens is 272 g/mol. The maximum Gasteiger partial charge on any atom is 0.323 e. The summed E-state index contributed by atoms with van der Waals surface area (Å²) in [5, 5.41) is 0. The monoisotopic (exact) mass is 294 g/mol. The summed E-state index contributed by atoms with van der Waals surface area (Å²) in [5.74, 6) is 6.39. The first-order valence-corrected chi connectivity index (χ1v) is 7.55. The minimum absolute atomic E-state index is 0.282. The molecule has 2 unspecified atom stereocenters. The van der Waals surface area contributed by atoms with Crippen molar-refractivity contribution in [1.82, 2.24) is 15.0 Å². The van der Waals surface area contributed by atoms with Gasteiger partial charge in [-0.25, -0.2) is 5.84 Å². The fourth-order valence-electron chi connectivity index (χ4n) is 2.97. The fourth-order valence-corrected chi connectivity index (χ4v) is 2.97. The molecule has 2 atom stereocenters. The number of aromatic nitrogens is 3. The van der Waals surface area contributed by atoms with E-state index in [1.165, 1.54) is 6.42 Å². The number of fused-ring (bicyclic) bond motifs is 1. The number of hydrazine groups is 1. The zero-order valence-electron chi connectivity index (χ0n) is 12.3. The van der Waals surface area contributed by atoms with Gasteiger partial charge in [-0.2, -0.15) is 15.0 Å². The number of nitrogens with one attached hydrogen (secondary N) is 1. The second-order valence-electron chi connectivity index (χ2n) is 5.34. The van der Waals surface area contributed by atoms with Crippen molar-refractivity contribution in [2.45, 2.75) is 44.8 Å². The Balaban J connectivity index is 1.85. The zero-order chi connectivity index (χ0) is 14.7. The summed E-state index contributed by atoms with van der Waals surface area (Å²) in [6.07, 6.45) is 4.57. The highest BCUT2D eigenvalue weighted by Gasteiger charge is 2.37. The summed E-state index contributed by atoms with van der Waals surface area (Å²) in [4.78, 5) is 15.1. The molecular formula is C13H22N6O2. The van der Waals surface area contributed by atoms with Crippen LogP contribution in [-0.2, 0) is 4.74 Å². The molecule has 1 saturated heterocycles. The van der Waals surface area contributed by atoms with Crippen LogP contribution in [0, 0.1) is 0 Å². The van der Waals surface area contributed by atoms with Crippen molar-refractivity contribution in [3.05, 3.63) is 0 Å². The maximum absolute atomic E-state index is 5.82.